The van der Waals surface area contributed by atoms with Crippen LogP contribution >= 0.6 is 0 Å². The zero-order chi connectivity index (χ0) is 14.6. The Morgan fingerprint density at radius 2 is 2.11 bits per heavy atom. The third kappa shape index (κ3) is 4.21. The lowest BCUT2D eigenvalue weighted by Crippen LogP contribution is -2.39. The van der Waals surface area contributed by atoms with Gasteiger partial charge in [-0.3, -0.25) is 0 Å². The monoisotopic (exact) mass is 282 g/mol. The van der Waals surface area contributed by atoms with Crippen LogP contribution < -0.4 is 10.5 Å². The van der Waals surface area contributed by atoms with Crippen molar-refractivity contribution in [1.82, 2.24) is 9.62 Å². The molecule has 6 nitrogen and oxygen atoms in total. The van der Waals surface area contributed by atoms with E-state index in [4.69, 9.17) is 11.0 Å². The molecule has 0 aliphatic heterocycles. The van der Waals surface area contributed by atoms with Crippen LogP contribution in [0, 0.1) is 11.3 Å². The zero-order valence-corrected chi connectivity index (χ0v) is 12.0. The van der Waals surface area contributed by atoms with Crippen molar-refractivity contribution in [3.63, 3.8) is 0 Å². The number of hydrogen-bond donors (Lipinski definition) is 2. The highest BCUT2D eigenvalue weighted by Gasteiger charge is 2.21. The molecule has 0 saturated heterocycles. The molecule has 0 heterocycles. The first kappa shape index (κ1) is 15.4. The van der Waals surface area contributed by atoms with Gasteiger partial charge in [0.25, 0.3) is 0 Å². The Bertz CT molecular complexity index is 590. The van der Waals surface area contributed by atoms with Gasteiger partial charge in [-0.05, 0) is 39.2 Å². The Kier molecular flexibility index (Phi) is 4.89. The Labute approximate surface area is 113 Å². The molecule has 1 aromatic rings. The molecule has 0 amide bonds. The van der Waals surface area contributed by atoms with Gasteiger partial charge in [-0.1, -0.05) is 0 Å². The van der Waals surface area contributed by atoms with Gasteiger partial charge in [-0.15, -0.1) is 0 Å². The van der Waals surface area contributed by atoms with Crippen LogP contribution in [0.3, 0.4) is 0 Å². The molecule has 19 heavy (non-hydrogen) atoms. The summed E-state index contributed by atoms with van der Waals surface area (Å²) in [6.07, 6.45) is 0. The quantitative estimate of drug-likeness (QED) is 0.760. The van der Waals surface area contributed by atoms with E-state index < -0.39 is 10.0 Å². The number of anilines is 1. The fourth-order valence-electron chi connectivity index (χ4n) is 1.78. The number of nitrogens with zero attached hydrogens (tertiary/aromatic N) is 2. The van der Waals surface area contributed by atoms with Crippen molar-refractivity contribution in [3.05, 3.63) is 23.8 Å². The molecule has 104 valence electrons. The van der Waals surface area contributed by atoms with E-state index in [9.17, 15) is 8.42 Å². The van der Waals surface area contributed by atoms with Crippen molar-refractivity contribution in [1.29, 1.82) is 5.26 Å². The van der Waals surface area contributed by atoms with Crippen molar-refractivity contribution in [2.24, 2.45) is 0 Å². The number of rotatable bonds is 5. The van der Waals surface area contributed by atoms with Crippen molar-refractivity contribution >= 4 is 15.7 Å². The number of benzene rings is 1. The molecule has 3 N–H and O–H groups in total. The maximum atomic E-state index is 12.2. The van der Waals surface area contributed by atoms with Gasteiger partial charge in [0.15, 0.2) is 0 Å². The number of nitrogens with one attached hydrogen (secondary N) is 1. The molecule has 0 radical (unpaired) electrons. The summed E-state index contributed by atoms with van der Waals surface area (Å²) in [4.78, 5) is 1.83. The number of sulfonamides is 1. The normalized spacial score (nSPS) is 13.2. The molecule has 0 aliphatic carbocycles. The van der Waals surface area contributed by atoms with E-state index >= 15 is 0 Å². The summed E-state index contributed by atoms with van der Waals surface area (Å²) in [6.45, 7) is 2.33. The number of hydrogen-bond acceptors (Lipinski definition) is 5. The third-order valence-corrected chi connectivity index (χ3v) is 4.06. The zero-order valence-electron chi connectivity index (χ0n) is 11.2. The minimum absolute atomic E-state index is 0.0459. The molecule has 0 aliphatic rings. The van der Waals surface area contributed by atoms with Crippen LogP contribution in [-0.4, -0.2) is 40.0 Å². The van der Waals surface area contributed by atoms with Crippen LogP contribution in [0.25, 0.3) is 0 Å². The summed E-state index contributed by atoms with van der Waals surface area (Å²) in [5.41, 5.74) is 5.94. The first-order valence-electron chi connectivity index (χ1n) is 5.73. The first-order valence-corrected chi connectivity index (χ1v) is 7.21. The van der Waals surface area contributed by atoms with Crippen molar-refractivity contribution in [2.45, 2.75) is 17.9 Å². The van der Waals surface area contributed by atoms with Crippen molar-refractivity contribution in [3.8, 4) is 6.07 Å². The van der Waals surface area contributed by atoms with E-state index in [0.29, 0.717) is 12.2 Å². The van der Waals surface area contributed by atoms with Gasteiger partial charge in [0.1, 0.15) is 6.07 Å². The van der Waals surface area contributed by atoms with Gasteiger partial charge in [0, 0.05) is 18.3 Å². The SMILES string of the molecule is CC(CN(C)C)NS(=O)(=O)c1ccc(N)cc1C#N. The summed E-state index contributed by atoms with van der Waals surface area (Å²) >= 11 is 0. The van der Waals surface area contributed by atoms with Gasteiger partial charge in [0.05, 0.1) is 10.5 Å². The number of likely N-dealkylation sites (N-methyl/N-ethyl adjacent to an activating group) is 1. The van der Waals surface area contributed by atoms with Gasteiger partial charge in [-0.2, -0.15) is 5.26 Å². The summed E-state index contributed by atoms with van der Waals surface area (Å²) in [5.74, 6) is 0. The number of nitrogen functional groups attached to an aromatic ring is 1. The highest BCUT2D eigenvalue weighted by Crippen LogP contribution is 2.18. The third-order valence-electron chi connectivity index (χ3n) is 2.41. The predicted octanol–water partition coefficient (Wildman–Crippen LogP) is 0.369. The van der Waals surface area contributed by atoms with Gasteiger partial charge in [0.2, 0.25) is 10.0 Å². The fourth-order valence-corrected chi connectivity index (χ4v) is 3.16. The van der Waals surface area contributed by atoms with Crippen LogP contribution in [-0.2, 0) is 10.0 Å². The van der Waals surface area contributed by atoms with Crippen LogP contribution in [0.2, 0.25) is 0 Å². The molecule has 1 atom stereocenters. The Morgan fingerprint density at radius 1 is 1.47 bits per heavy atom. The highest BCUT2D eigenvalue weighted by molar-refractivity contribution is 7.89. The van der Waals surface area contributed by atoms with Crippen LogP contribution in [0.15, 0.2) is 23.1 Å². The van der Waals surface area contributed by atoms with E-state index in [1.807, 2.05) is 25.1 Å². The summed E-state index contributed by atoms with van der Waals surface area (Å²) in [5, 5.41) is 8.98. The lowest BCUT2D eigenvalue weighted by Gasteiger charge is -2.18. The minimum Gasteiger partial charge on any atom is -0.399 e. The maximum absolute atomic E-state index is 12.2. The van der Waals surface area contributed by atoms with Crippen LogP contribution in [0.4, 0.5) is 5.69 Å². The average molecular weight is 282 g/mol. The largest absolute Gasteiger partial charge is 0.399 e. The second-order valence-electron chi connectivity index (χ2n) is 4.65. The smallest absolute Gasteiger partial charge is 0.242 e. The van der Waals surface area contributed by atoms with E-state index in [1.165, 1.54) is 18.2 Å². The molecule has 0 aromatic heterocycles. The topological polar surface area (TPSA) is 99.2 Å². The average Bonchev–Trinajstić information content (AvgIpc) is 2.26. The van der Waals surface area contributed by atoms with E-state index in [1.54, 1.807) is 6.92 Å². The van der Waals surface area contributed by atoms with Gasteiger partial charge >= 0.3 is 0 Å². The van der Waals surface area contributed by atoms with E-state index in [0.717, 1.165) is 0 Å². The second kappa shape index (κ2) is 6.02. The maximum Gasteiger partial charge on any atom is 0.242 e. The summed E-state index contributed by atoms with van der Waals surface area (Å²) < 4.78 is 26.9. The standard InChI is InChI=1S/C12H18N4O2S/c1-9(8-16(2)3)15-19(17,18)12-5-4-11(14)6-10(12)7-13/h4-6,9,15H,8,14H2,1-3H3. The molecule has 1 rings (SSSR count). The second-order valence-corrected chi connectivity index (χ2v) is 6.33. The molecule has 0 fully saturated rings. The lowest BCUT2D eigenvalue weighted by molar-refractivity contribution is 0.370. The molecule has 1 aromatic carbocycles. The lowest BCUT2D eigenvalue weighted by atomic mass is 10.2. The molecular weight excluding hydrogens is 264 g/mol. The number of nitrogens with two attached hydrogens (primary N) is 1. The Hall–Kier alpha value is -1.62. The highest BCUT2D eigenvalue weighted by atomic mass is 32.2. The Morgan fingerprint density at radius 3 is 2.63 bits per heavy atom. The molecule has 1 unspecified atom stereocenters. The first-order chi connectivity index (χ1) is 8.76. The molecule has 0 spiro atoms. The van der Waals surface area contributed by atoms with Crippen LogP contribution in [0.1, 0.15) is 12.5 Å². The molecule has 0 saturated carbocycles. The number of nitriles is 1. The van der Waals surface area contributed by atoms with Gasteiger partial charge < -0.3 is 10.6 Å². The van der Waals surface area contributed by atoms with Crippen molar-refractivity contribution in [2.75, 3.05) is 26.4 Å². The minimum atomic E-state index is -3.72. The molecule has 0 bridgehead atoms. The van der Waals surface area contributed by atoms with Crippen molar-refractivity contribution < 1.29 is 8.42 Å². The predicted molar refractivity (Wildman–Crippen MR) is 73.9 cm³/mol. The van der Waals surface area contributed by atoms with Gasteiger partial charge in [-0.25, -0.2) is 13.1 Å². The summed E-state index contributed by atoms with van der Waals surface area (Å²) in [7, 11) is -0.00762. The van der Waals surface area contributed by atoms with E-state index in [-0.39, 0.29) is 16.5 Å². The molecule has 7 heteroatoms. The summed E-state index contributed by atoms with van der Waals surface area (Å²) in [6, 6.07) is 5.75. The van der Waals surface area contributed by atoms with Crippen LogP contribution in [0.5, 0.6) is 0 Å². The Balaban J connectivity index is 3.05. The fraction of sp³-hybridized carbons (Fsp3) is 0.417. The molecular formula is C12H18N4O2S. The van der Waals surface area contributed by atoms with E-state index in [2.05, 4.69) is 4.72 Å².